The van der Waals surface area contributed by atoms with Crippen LogP contribution in [-0.4, -0.2) is 9.97 Å². The van der Waals surface area contributed by atoms with Crippen molar-refractivity contribution in [2.24, 2.45) is 0 Å². The van der Waals surface area contributed by atoms with Crippen molar-refractivity contribution in [3.05, 3.63) is 65.5 Å². The van der Waals surface area contributed by atoms with Gasteiger partial charge >= 0.3 is 0 Å². The number of hydrogen-bond donors (Lipinski definition) is 1. The van der Waals surface area contributed by atoms with Crippen LogP contribution in [-0.2, 0) is 17.8 Å². The minimum absolute atomic E-state index is 0.101. The standard InChI is InChI=1S/C17H15N3O2/c18-17-19-15(13-7-4-8-21-13)12-10-22-14(16(12)20-17)9-11-5-2-1-3-6-11/h1-8,14H,9-10H2,(H2,18,19,20)/t14-/m0/s1. The van der Waals surface area contributed by atoms with Gasteiger partial charge in [0.1, 0.15) is 11.8 Å². The number of ether oxygens (including phenoxy) is 1. The van der Waals surface area contributed by atoms with Crippen LogP contribution in [0.25, 0.3) is 11.5 Å². The van der Waals surface area contributed by atoms with Gasteiger partial charge in [-0.15, -0.1) is 0 Å². The summed E-state index contributed by atoms with van der Waals surface area (Å²) < 4.78 is 11.4. The maximum absolute atomic E-state index is 5.92. The first-order valence-electron chi connectivity index (χ1n) is 7.17. The second kappa shape index (κ2) is 5.27. The van der Waals surface area contributed by atoms with Crippen LogP contribution >= 0.6 is 0 Å². The summed E-state index contributed by atoms with van der Waals surface area (Å²) in [6, 6.07) is 13.9. The molecule has 2 aromatic heterocycles. The van der Waals surface area contributed by atoms with Crippen molar-refractivity contribution in [3.63, 3.8) is 0 Å². The summed E-state index contributed by atoms with van der Waals surface area (Å²) in [7, 11) is 0. The molecule has 1 aliphatic rings. The van der Waals surface area contributed by atoms with Gasteiger partial charge in [0.2, 0.25) is 5.95 Å². The molecule has 3 heterocycles. The molecule has 1 aromatic carbocycles. The van der Waals surface area contributed by atoms with Crippen LogP contribution in [0.5, 0.6) is 0 Å². The summed E-state index contributed by atoms with van der Waals surface area (Å²) in [5, 5.41) is 0. The summed E-state index contributed by atoms with van der Waals surface area (Å²) in [4.78, 5) is 8.72. The average molecular weight is 293 g/mol. The lowest BCUT2D eigenvalue weighted by Crippen LogP contribution is -2.07. The van der Waals surface area contributed by atoms with Crippen LogP contribution in [0.4, 0.5) is 5.95 Å². The minimum Gasteiger partial charge on any atom is -0.463 e. The predicted octanol–water partition coefficient (Wildman–Crippen LogP) is 3.13. The Morgan fingerprint density at radius 1 is 1.09 bits per heavy atom. The first-order chi connectivity index (χ1) is 10.8. The molecule has 0 radical (unpaired) electrons. The monoisotopic (exact) mass is 293 g/mol. The van der Waals surface area contributed by atoms with E-state index in [9.17, 15) is 0 Å². The smallest absolute Gasteiger partial charge is 0.221 e. The minimum atomic E-state index is -0.101. The highest BCUT2D eigenvalue weighted by Gasteiger charge is 2.30. The van der Waals surface area contributed by atoms with E-state index in [-0.39, 0.29) is 12.1 Å². The molecular weight excluding hydrogens is 278 g/mol. The first-order valence-corrected chi connectivity index (χ1v) is 7.17. The van der Waals surface area contributed by atoms with Crippen LogP contribution in [0.3, 0.4) is 0 Å². The number of nitrogens with two attached hydrogens (primary N) is 1. The second-order valence-electron chi connectivity index (χ2n) is 5.26. The third-order valence-electron chi connectivity index (χ3n) is 3.81. The fraction of sp³-hybridized carbons (Fsp3) is 0.176. The van der Waals surface area contributed by atoms with Crippen molar-refractivity contribution >= 4 is 5.95 Å². The topological polar surface area (TPSA) is 74.2 Å². The lowest BCUT2D eigenvalue weighted by Gasteiger charge is -2.11. The van der Waals surface area contributed by atoms with E-state index < -0.39 is 0 Å². The van der Waals surface area contributed by atoms with Crippen molar-refractivity contribution < 1.29 is 9.15 Å². The fourth-order valence-electron chi connectivity index (χ4n) is 2.79. The average Bonchev–Trinajstić information content (AvgIpc) is 3.18. The third-order valence-corrected chi connectivity index (χ3v) is 3.81. The Morgan fingerprint density at radius 2 is 1.95 bits per heavy atom. The van der Waals surface area contributed by atoms with Gasteiger partial charge < -0.3 is 14.9 Å². The molecule has 0 spiro atoms. The van der Waals surface area contributed by atoms with Crippen LogP contribution < -0.4 is 5.73 Å². The molecule has 4 rings (SSSR count). The van der Waals surface area contributed by atoms with E-state index in [2.05, 4.69) is 22.1 Å². The lowest BCUT2D eigenvalue weighted by molar-refractivity contribution is 0.0649. The summed E-state index contributed by atoms with van der Waals surface area (Å²) >= 11 is 0. The molecule has 1 aliphatic heterocycles. The van der Waals surface area contributed by atoms with E-state index in [1.165, 1.54) is 5.56 Å². The maximum Gasteiger partial charge on any atom is 0.221 e. The maximum atomic E-state index is 5.92. The molecule has 0 saturated heterocycles. The highest BCUT2D eigenvalue weighted by Crippen LogP contribution is 2.37. The SMILES string of the molecule is Nc1nc(-c2ccco2)c2c(n1)[C@H](Cc1ccccc1)OC2. The lowest BCUT2D eigenvalue weighted by atomic mass is 10.0. The normalized spacial score (nSPS) is 16.6. The molecule has 2 N–H and O–H groups in total. The molecule has 0 amide bonds. The quantitative estimate of drug-likeness (QED) is 0.803. The molecule has 0 saturated carbocycles. The summed E-state index contributed by atoms with van der Waals surface area (Å²) in [6.45, 7) is 0.475. The van der Waals surface area contributed by atoms with Gasteiger partial charge in [-0.2, -0.15) is 0 Å². The number of aromatic nitrogens is 2. The Balaban J connectivity index is 1.73. The van der Waals surface area contributed by atoms with Crippen molar-refractivity contribution in [2.75, 3.05) is 5.73 Å². The number of hydrogen-bond acceptors (Lipinski definition) is 5. The largest absolute Gasteiger partial charge is 0.463 e. The van der Waals surface area contributed by atoms with Crippen molar-refractivity contribution in [3.8, 4) is 11.5 Å². The molecule has 0 fully saturated rings. The van der Waals surface area contributed by atoms with Crippen LogP contribution in [0.2, 0.25) is 0 Å². The highest BCUT2D eigenvalue weighted by molar-refractivity contribution is 5.60. The Hall–Kier alpha value is -2.66. The van der Waals surface area contributed by atoms with E-state index in [0.29, 0.717) is 12.4 Å². The second-order valence-corrected chi connectivity index (χ2v) is 5.26. The summed E-state index contributed by atoms with van der Waals surface area (Å²) in [5.41, 5.74) is 9.63. The van der Waals surface area contributed by atoms with Crippen LogP contribution in [0.15, 0.2) is 53.1 Å². The molecular formula is C17H15N3O2. The number of anilines is 1. The predicted molar refractivity (Wildman–Crippen MR) is 81.8 cm³/mol. The molecule has 0 unspecified atom stereocenters. The number of furan rings is 1. The molecule has 5 nitrogen and oxygen atoms in total. The number of nitrogens with zero attached hydrogens (tertiary/aromatic N) is 2. The zero-order chi connectivity index (χ0) is 14.9. The molecule has 22 heavy (non-hydrogen) atoms. The van der Waals surface area contributed by atoms with Crippen LogP contribution in [0, 0.1) is 0 Å². The van der Waals surface area contributed by atoms with Gasteiger partial charge in [-0.1, -0.05) is 30.3 Å². The molecule has 1 atom stereocenters. The van der Waals surface area contributed by atoms with Crippen molar-refractivity contribution in [1.29, 1.82) is 0 Å². The van der Waals surface area contributed by atoms with E-state index in [4.69, 9.17) is 14.9 Å². The van der Waals surface area contributed by atoms with E-state index in [1.54, 1.807) is 6.26 Å². The van der Waals surface area contributed by atoms with Crippen LogP contribution in [0.1, 0.15) is 22.9 Å². The molecule has 3 aromatic rings. The number of rotatable bonds is 3. The summed E-state index contributed by atoms with van der Waals surface area (Å²) in [6.07, 6.45) is 2.29. The molecule has 0 aliphatic carbocycles. The Labute approximate surface area is 127 Å². The Bertz CT molecular complexity index is 785. The zero-order valence-corrected chi connectivity index (χ0v) is 11.9. The fourth-order valence-corrected chi connectivity index (χ4v) is 2.79. The zero-order valence-electron chi connectivity index (χ0n) is 11.9. The highest BCUT2D eigenvalue weighted by atomic mass is 16.5. The molecule has 110 valence electrons. The van der Waals surface area contributed by atoms with Gasteiger partial charge in [-0.05, 0) is 17.7 Å². The van der Waals surface area contributed by atoms with E-state index in [0.717, 1.165) is 23.4 Å². The van der Waals surface area contributed by atoms with Crippen molar-refractivity contribution in [2.45, 2.75) is 19.1 Å². The van der Waals surface area contributed by atoms with E-state index >= 15 is 0 Å². The molecule has 0 bridgehead atoms. The first kappa shape index (κ1) is 13.0. The Morgan fingerprint density at radius 3 is 2.73 bits per heavy atom. The van der Waals surface area contributed by atoms with Gasteiger partial charge in [0.15, 0.2) is 5.76 Å². The van der Waals surface area contributed by atoms with Crippen molar-refractivity contribution in [1.82, 2.24) is 9.97 Å². The molecule has 5 heteroatoms. The van der Waals surface area contributed by atoms with Gasteiger partial charge in [-0.25, -0.2) is 9.97 Å². The van der Waals surface area contributed by atoms with E-state index in [1.807, 2.05) is 30.3 Å². The van der Waals surface area contributed by atoms with Gasteiger partial charge in [0.05, 0.1) is 18.6 Å². The third kappa shape index (κ3) is 2.25. The van der Waals surface area contributed by atoms with Gasteiger partial charge in [0, 0.05) is 12.0 Å². The van der Waals surface area contributed by atoms with Gasteiger partial charge in [-0.3, -0.25) is 0 Å². The van der Waals surface area contributed by atoms with Gasteiger partial charge in [0.25, 0.3) is 0 Å². The Kier molecular flexibility index (Phi) is 3.12. The number of benzene rings is 1. The number of nitrogen functional groups attached to an aromatic ring is 1. The summed E-state index contributed by atoms with van der Waals surface area (Å²) in [5.74, 6) is 0.933. The number of fused-ring (bicyclic) bond motifs is 1.